The van der Waals surface area contributed by atoms with Crippen molar-refractivity contribution >= 4 is 16.6 Å². The van der Waals surface area contributed by atoms with Crippen LogP contribution in [0.5, 0.6) is 11.5 Å². The zero-order valence-corrected chi connectivity index (χ0v) is 13.2. The fraction of sp³-hybridized carbons (Fsp3) is 0.150. The molecule has 0 saturated carbocycles. The molecule has 0 radical (unpaired) electrons. The second kappa shape index (κ2) is 6.53. The summed E-state index contributed by atoms with van der Waals surface area (Å²) in [6.45, 7) is 1.90. The van der Waals surface area contributed by atoms with E-state index in [2.05, 4.69) is 12.1 Å². The number of Topliss-reactive ketones (excluding diaryl/α,β-unsaturated/α-hetero) is 1. The van der Waals surface area contributed by atoms with E-state index in [4.69, 9.17) is 9.47 Å². The van der Waals surface area contributed by atoms with Gasteiger partial charge in [-0.15, -0.1) is 0 Å². The van der Waals surface area contributed by atoms with Gasteiger partial charge in [0.25, 0.3) is 0 Å². The molecular weight excluding hydrogens is 288 g/mol. The topological polar surface area (TPSA) is 35.5 Å². The van der Waals surface area contributed by atoms with Gasteiger partial charge in [0.05, 0.1) is 7.11 Å². The minimum atomic E-state index is 0.0274. The summed E-state index contributed by atoms with van der Waals surface area (Å²) in [6.07, 6.45) is 0. The van der Waals surface area contributed by atoms with Gasteiger partial charge in [0.2, 0.25) is 0 Å². The summed E-state index contributed by atoms with van der Waals surface area (Å²) in [5.41, 5.74) is 1.51. The van der Waals surface area contributed by atoms with E-state index in [1.165, 1.54) is 5.39 Å². The quantitative estimate of drug-likeness (QED) is 0.645. The molecule has 116 valence electrons. The zero-order chi connectivity index (χ0) is 16.2. The Morgan fingerprint density at radius 3 is 2.48 bits per heavy atom. The highest BCUT2D eigenvalue weighted by molar-refractivity contribution is 5.94. The number of methoxy groups -OCH3 is 1. The molecule has 3 nitrogen and oxygen atoms in total. The zero-order valence-electron chi connectivity index (χ0n) is 13.2. The van der Waals surface area contributed by atoms with Crippen molar-refractivity contribution in [1.29, 1.82) is 0 Å². The second-order valence-electron chi connectivity index (χ2n) is 5.38. The summed E-state index contributed by atoms with van der Waals surface area (Å²) >= 11 is 0. The molecule has 3 rings (SSSR count). The molecular formula is C20H18O3. The third-order valence-corrected chi connectivity index (χ3v) is 3.80. The first-order chi connectivity index (χ1) is 11.2. The van der Waals surface area contributed by atoms with E-state index in [9.17, 15) is 4.79 Å². The molecule has 0 bridgehead atoms. The van der Waals surface area contributed by atoms with Gasteiger partial charge in [-0.2, -0.15) is 0 Å². The highest BCUT2D eigenvalue weighted by Gasteiger charge is 2.08. The molecule has 0 aliphatic rings. The Hall–Kier alpha value is -2.81. The molecule has 0 aromatic heterocycles. The predicted molar refractivity (Wildman–Crippen MR) is 91.3 cm³/mol. The Kier molecular flexibility index (Phi) is 4.29. The molecule has 3 aromatic rings. The molecule has 3 heteroatoms. The number of ketones is 1. The second-order valence-corrected chi connectivity index (χ2v) is 5.38. The van der Waals surface area contributed by atoms with Crippen molar-refractivity contribution in [3.05, 3.63) is 71.8 Å². The molecule has 0 N–H and O–H groups in total. The SMILES string of the molecule is COc1ccc(C(C)=O)cc1COc1ccc2ccccc2c1. The lowest BCUT2D eigenvalue weighted by atomic mass is 10.1. The maximum atomic E-state index is 11.5. The molecule has 0 spiro atoms. The van der Waals surface area contributed by atoms with Gasteiger partial charge in [-0.1, -0.05) is 30.3 Å². The molecule has 0 unspecified atom stereocenters. The van der Waals surface area contributed by atoms with Crippen LogP contribution in [0.3, 0.4) is 0 Å². The summed E-state index contributed by atoms with van der Waals surface area (Å²) in [6, 6.07) is 19.5. The number of carbonyl (C=O) groups is 1. The van der Waals surface area contributed by atoms with Crippen LogP contribution in [0.1, 0.15) is 22.8 Å². The van der Waals surface area contributed by atoms with Crippen LogP contribution in [-0.4, -0.2) is 12.9 Å². The third kappa shape index (κ3) is 3.34. The first kappa shape index (κ1) is 15.1. The van der Waals surface area contributed by atoms with E-state index in [1.54, 1.807) is 26.2 Å². The van der Waals surface area contributed by atoms with Crippen LogP contribution in [0.25, 0.3) is 10.8 Å². The van der Waals surface area contributed by atoms with Crippen molar-refractivity contribution in [1.82, 2.24) is 0 Å². The van der Waals surface area contributed by atoms with Gasteiger partial charge >= 0.3 is 0 Å². The Morgan fingerprint density at radius 2 is 1.74 bits per heavy atom. The summed E-state index contributed by atoms with van der Waals surface area (Å²) in [5, 5.41) is 2.31. The molecule has 0 aliphatic carbocycles. The van der Waals surface area contributed by atoms with Crippen molar-refractivity contribution in [2.45, 2.75) is 13.5 Å². The fourth-order valence-corrected chi connectivity index (χ4v) is 2.53. The lowest BCUT2D eigenvalue weighted by Crippen LogP contribution is -2.01. The maximum absolute atomic E-state index is 11.5. The Labute approximate surface area is 135 Å². The van der Waals surface area contributed by atoms with Crippen molar-refractivity contribution in [2.75, 3.05) is 7.11 Å². The van der Waals surface area contributed by atoms with Gasteiger partial charge in [0.15, 0.2) is 5.78 Å². The van der Waals surface area contributed by atoms with Crippen LogP contribution in [0.2, 0.25) is 0 Å². The highest BCUT2D eigenvalue weighted by Crippen LogP contribution is 2.25. The molecule has 0 fully saturated rings. The Balaban J connectivity index is 1.83. The average molecular weight is 306 g/mol. The molecule has 0 aliphatic heterocycles. The average Bonchev–Trinajstić information content (AvgIpc) is 2.59. The first-order valence-corrected chi connectivity index (χ1v) is 7.47. The van der Waals surface area contributed by atoms with Crippen LogP contribution in [0.15, 0.2) is 60.7 Å². The first-order valence-electron chi connectivity index (χ1n) is 7.47. The minimum absolute atomic E-state index is 0.0274. The third-order valence-electron chi connectivity index (χ3n) is 3.80. The van der Waals surface area contributed by atoms with Crippen molar-refractivity contribution < 1.29 is 14.3 Å². The number of rotatable bonds is 5. The summed E-state index contributed by atoms with van der Waals surface area (Å²) < 4.78 is 11.2. The van der Waals surface area contributed by atoms with E-state index < -0.39 is 0 Å². The number of carbonyl (C=O) groups excluding carboxylic acids is 1. The van der Waals surface area contributed by atoms with Crippen LogP contribution in [0.4, 0.5) is 0 Å². The van der Waals surface area contributed by atoms with Crippen molar-refractivity contribution in [3.8, 4) is 11.5 Å². The Bertz CT molecular complexity index is 852. The molecule has 0 atom stereocenters. The van der Waals surface area contributed by atoms with Crippen LogP contribution in [0, 0.1) is 0 Å². The van der Waals surface area contributed by atoms with Crippen LogP contribution < -0.4 is 9.47 Å². The van der Waals surface area contributed by atoms with Gasteiger partial charge in [-0.3, -0.25) is 4.79 Å². The lowest BCUT2D eigenvalue weighted by molar-refractivity contribution is 0.101. The normalized spacial score (nSPS) is 10.5. The van der Waals surface area contributed by atoms with Gasteiger partial charge in [-0.05, 0) is 48.0 Å². The predicted octanol–water partition coefficient (Wildman–Crippen LogP) is 4.63. The number of ether oxygens (including phenoxy) is 2. The van der Waals surface area contributed by atoms with Gasteiger partial charge in [0, 0.05) is 11.1 Å². The van der Waals surface area contributed by atoms with Gasteiger partial charge in [-0.25, -0.2) is 0 Å². The van der Waals surface area contributed by atoms with Crippen LogP contribution >= 0.6 is 0 Å². The monoisotopic (exact) mass is 306 g/mol. The van der Waals surface area contributed by atoms with Crippen molar-refractivity contribution in [2.24, 2.45) is 0 Å². The van der Waals surface area contributed by atoms with E-state index in [-0.39, 0.29) is 5.78 Å². The van der Waals surface area contributed by atoms with Gasteiger partial charge < -0.3 is 9.47 Å². The maximum Gasteiger partial charge on any atom is 0.159 e. The lowest BCUT2D eigenvalue weighted by Gasteiger charge is -2.12. The summed E-state index contributed by atoms with van der Waals surface area (Å²) in [7, 11) is 1.61. The van der Waals surface area contributed by atoms with E-state index >= 15 is 0 Å². The number of hydrogen-bond donors (Lipinski definition) is 0. The largest absolute Gasteiger partial charge is 0.496 e. The number of fused-ring (bicyclic) bond motifs is 1. The smallest absolute Gasteiger partial charge is 0.159 e. The van der Waals surface area contributed by atoms with Gasteiger partial charge in [0.1, 0.15) is 18.1 Å². The molecule has 3 aromatic carbocycles. The fourth-order valence-electron chi connectivity index (χ4n) is 2.53. The van der Waals surface area contributed by atoms with E-state index in [0.29, 0.717) is 12.2 Å². The summed E-state index contributed by atoms with van der Waals surface area (Å²) in [4.78, 5) is 11.5. The standard InChI is InChI=1S/C20H18O3/c1-14(21)16-8-10-20(22-2)18(11-16)13-23-19-9-7-15-5-3-4-6-17(15)12-19/h3-12H,13H2,1-2H3. The number of benzene rings is 3. The molecule has 0 saturated heterocycles. The van der Waals surface area contributed by atoms with Crippen molar-refractivity contribution in [3.63, 3.8) is 0 Å². The summed E-state index contributed by atoms with van der Waals surface area (Å²) in [5.74, 6) is 1.54. The molecule has 0 heterocycles. The van der Waals surface area contributed by atoms with E-state index in [1.807, 2.05) is 36.4 Å². The molecule has 23 heavy (non-hydrogen) atoms. The molecule has 0 amide bonds. The van der Waals surface area contributed by atoms with E-state index in [0.717, 1.165) is 22.4 Å². The number of hydrogen-bond acceptors (Lipinski definition) is 3. The Morgan fingerprint density at radius 1 is 0.957 bits per heavy atom. The highest BCUT2D eigenvalue weighted by atomic mass is 16.5. The van der Waals surface area contributed by atoms with Crippen LogP contribution in [-0.2, 0) is 6.61 Å². The minimum Gasteiger partial charge on any atom is -0.496 e.